The first-order valence-corrected chi connectivity index (χ1v) is 11.0. The van der Waals surface area contributed by atoms with Gasteiger partial charge in [0.1, 0.15) is 5.52 Å². The van der Waals surface area contributed by atoms with Crippen LogP contribution < -0.4 is 11.3 Å². The number of carbonyl (C=O) groups is 1. The Bertz CT molecular complexity index is 1290. The van der Waals surface area contributed by atoms with Gasteiger partial charge in [0.25, 0.3) is 0 Å². The van der Waals surface area contributed by atoms with Crippen LogP contribution in [0.2, 0.25) is 0 Å². The van der Waals surface area contributed by atoms with Crippen LogP contribution in [0.1, 0.15) is 36.5 Å². The molecule has 1 atom stereocenters. The molecule has 0 bridgehead atoms. The minimum atomic E-state index is -0.201. The van der Waals surface area contributed by atoms with Crippen molar-refractivity contribution in [2.75, 3.05) is 0 Å². The molecule has 1 heterocycles. The second-order valence-electron chi connectivity index (χ2n) is 7.97. The number of nitrogens with zero attached hydrogens (tertiary/aromatic N) is 1. The first kappa shape index (κ1) is 22.2. The molecule has 5 nitrogen and oxygen atoms in total. The number of carbonyl (C=O) groups excluding carboxylic acids is 1. The fraction of sp³-hybridized carbons (Fsp3) is 0.143. The van der Waals surface area contributed by atoms with Crippen molar-refractivity contribution in [2.45, 2.75) is 19.8 Å². The molecule has 3 aromatic carbocycles. The van der Waals surface area contributed by atoms with E-state index in [2.05, 4.69) is 41.3 Å². The number of hydrazine groups is 1. The smallest absolute Gasteiger partial charge is 0.234 e. The van der Waals surface area contributed by atoms with Crippen molar-refractivity contribution in [1.29, 1.82) is 0 Å². The van der Waals surface area contributed by atoms with E-state index in [1.165, 1.54) is 0 Å². The van der Waals surface area contributed by atoms with Crippen LogP contribution >= 0.6 is 0 Å². The summed E-state index contributed by atoms with van der Waals surface area (Å²) in [5, 5.41) is 0. The van der Waals surface area contributed by atoms with Gasteiger partial charge < -0.3 is 4.42 Å². The molecular formula is C28H27N3O2. The number of rotatable bonds is 8. The van der Waals surface area contributed by atoms with Crippen molar-refractivity contribution in [3.8, 4) is 11.5 Å². The average molecular weight is 438 g/mol. The molecular weight excluding hydrogens is 410 g/mol. The molecule has 0 spiro atoms. The molecule has 3 N–H and O–H groups in total. The topological polar surface area (TPSA) is 81.2 Å². The number of hydrogen-bond acceptors (Lipinski definition) is 4. The zero-order valence-corrected chi connectivity index (χ0v) is 18.6. The van der Waals surface area contributed by atoms with Gasteiger partial charge in [-0.3, -0.25) is 10.2 Å². The number of fused-ring (bicyclic) bond motifs is 1. The summed E-state index contributed by atoms with van der Waals surface area (Å²) >= 11 is 0. The zero-order chi connectivity index (χ0) is 23.2. The van der Waals surface area contributed by atoms with E-state index in [9.17, 15) is 4.79 Å². The van der Waals surface area contributed by atoms with E-state index in [-0.39, 0.29) is 11.8 Å². The van der Waals surface area contributed by atoms with E-state index in [0.717, 1.165) is 39.8 Å². The number of hydrogen-bond donors (Lipinski definition) is 2. The van der Waals surface area contributed by atoms with E-state index in [1.807, 2.05) is 67.6 Å². The molecule has 0 aliphatic rings. The fourth-order valence-corrected chi connectivity index (χ4v) is 3.77. The van der Waals surface area contributed by atoms with Crippen LogP contribution in [-0.4, -0.2) is 10.9 Å². The lowest BCUT2D eigenvalue weighted by atomic mass is 9.89. The minimum Gasteiger partial charge on any atom is -0.436 e. The van der Waals surface area contributed by atoms with E-state index in [0.29, 0.717) is 17.9 Å². The van der Waals surface area contributed by atoms with Gasteiger partial charge in [0.2, 0.25) is 11.8 Å². The molecule has 0 radical (unpaired) electrons. The molecule has 0 aliphatic heterocycles. The van der Waals surface area contributed by atoms with Gasteiger partial charge >= 0.3 is 0 Å². The molecule has 4 aromatic rings. The highest BCUT2D eigenvalue weighted by molar-refractivity contribution is 5.83. The Morgan fingerprint density at radius 1 is 1.06 bits per heavy atom. The summed E-state index contributed by atoms with van der Waals surface area (Å²) in [6.07, 6.45) is 5.26. The van der Waals surface area contributed by atoms with Gasteiger partial charge in [-0.2, -0.15) is 0 Å². The monoisotopic (exact) mass is 437 g/mol. The molecule has 0 saturated heterocycles. The van der Waals surface area contributed by atoms with Crippen molar-refractivity contribution in [1.82, 2.24) is 10.4 Å². The molecule has 0 aliphatic carbocycles. The van der Waals surface area contributed by atoms with Crippen molar-refractivity contribution < 1.29 is 9.21 Å². The SMILES string of the molecule is C=C(c1ccc2nc(-c3ccc(/C=C/c4ccccc4)cc3)oc2c1)C(CC)CC(=O)NN. The maximum Gasteiger partial charge on any atom is 0.234 e. The first-order chi connectivity index (χ1) is 16.1. The maximum atomic E-state index is 11.7. The third-order valence-electron chi connectivity index (χ3n) is 5.76. The van der Waals surface area contributed by atoms with Crippen LogP contribution in [0.3, 0.4) is 0 Å². The molecule has 1 amide bonds. The van der Waals surface area contributed by atoms with Crippen LogP contribution in [-0.2, 0) is 4.79 Å². The highest BCUT2D eigenvalue weighted by Gasteiger charge is 2.17. The van der Waals surface area contributed by atoms with Gasteiger partial charge in [0.05, 0.1) is 0 Å². The number of aromatic nitrogens is 1. The minimum absolute atomic E-state index is 0.00452. The summed E-state index contributed by atoms with van der Waals surface area (Å²) in [5.41, 5.74) is 8.65. The van der Waals surface area contributed by atoms with Gasteiger partial charge in [0.15, 0.2) is 5.58 Å². The maximum absolute atomic E-state index is 11.7. The van der Waals surface area contributed by atoms with Crippen molar-refractivity contribution >= 4 is 34.7 Å². The number of allylic oxidation sites excluding steroid dienone is 1. The van der Waals surface area contributed by atoms with Crippen molar-refractivity contribution in [3.05, 3.63) is 96.1 Å². The molecule has 1 aromatic heterocycles. The first-order valence-electron chi connectivity index (χ1n) is 11.0. The number of amides is 1. The lowest BCUT2D eigenvalue weighted by Gasteiger charge is -2.17. The lowest BCUT2D eigenvalue weighted by molar-refractivity contribution is -0.121. The number of oxazole rings is 1. The van der Waals surface area contributed by atoms with Crippen molar-refractivity contribution in [3.63, 3.8) is 0 Å². The van der Waals surface area contributed by atoms with Gasteiger partial charge in [-0.05, 0) is 58.9 Å². The number of benzene rings is 3. The molecule has 5 heteroatoms. The van der Waals surface area contributed by atoms with Crippen LogP contribution in [0, 0.1) is 5.92 Å². The third kappa shape index (κ3) is 5.27. The van der Waals surface area contributed by atoms with E-state index in [1.54, 1.807) is 0 Å². The van der Waals surface area contributed by atoms with E-state index < -0.39 is 0 Å². The quantitative estimate of drug-likeness (QED) is 0.151. The molecule has 166 valence electrons. The normalized spacial score (nSPS) is 12.2. The summed E-state index contributed by atoms with van der Waals surface area (Å²) in [5.74, 6) is 5.62. The highest BCUT2D eigenvalue weighted by atomic mass is 16.3. The zero-order valence-electron chi connectivity index (χ0n) is 18.6. The average Bonchev–Trinajstić information content (AvgIpc) is 3.30. The van der Waals surface area contributed by atoms with Gasteiger partial charge in [-0.1, -0.05) is 74.2 Å². The Morgan fingerprint density at radius 3 is 2.42 bits per heavy atom. The van der Waals surface area contributed by atoms with E-state index >= 15 is 0 Å². The Balaban J connectivity index is 1.53. The summed E-state index contributed by atoms with van der Waals surface area (Å²) in [4.78, 5) is 16.4. The predicted octanol–water partition coefficient (Wildman–Crippen LogP) is 6.08. The number of nitrogens with two attached hydrogens (primary N) is 1. The fourth-order valence-electron chi connectivity index (χ4n) is 3.77. The van der Waals surface area contributed by atoms with E-state index in [4.69, 9.17) is 10.3 Å². The Kier molecular flexibility index (Phi) is 6.81. The third-order valence-corrected chi connectivity index (χ3v) is 5.76. The Hall–Kier alpha value is -3.96. The summed E-state index contributed by atoms with van der Waals surface area (Å²) in [7, 11) is 0. The number of nitrogens with one attached hydrogen (secondary N) is 1. The van der Waals surface area contributed by atoms with Crippen LogP contribution in [0.5, 0.6) is 0 Å². The summed E-state index contributed by atoms with van der Waals surface area (Å²) in [6, 6.07) is 24.1. The predicted molar refractivity (Wildman–Crippen MR) is 135 cm³/mol. The lowest BCUT2D eigenvalue weighted by Crippen LogP contribution is -2.31. The standard InChI is InChI=1S/C28H27N3O2/c1-3-22(18-27(32)31-29)19(2)24-15-16-25-26(17-24)33-28(30-25)23-13-11-21(12-14-23)10-9-20-7-5-4-6-8-20/h4-17,22H,2-3,18,29H2,1H3,(H,31,32)/b10-9+. The second-order valence-corrected chi connectivity index (χ2v) is 7.97. The molecule has 33 heavy (non-hydrogen) atoms. The van der Waals surface area contributed by atoms with Gasteiger partial charge in [-0.15, -0.1) is 0 Å². The molecule has 4 rings (SSSR count). The molecule has 0 saturated carbocycles. The molecule has 1 unspecified atom stereocenters. The van der Waals surface area contributed by atoms with Gasteiger partial charge in [-0.25, -0.2) is 10.8 Å². The van der Waals surface area contributed by atoms with Crippen molar-refractivity contribution in [2.24, 2.45) is 11.8 Å². The summed E-state index contributed by atoms with van der Waals surface area (Å²) < 4.78 is 6.06. The second kappa shape index (κ2) is 10.1. The summed E-state index contributed by atoms with van der Waals surface area (Å²) in [6.45, 7) is 6.25. The highest BCUT2D eigenvalue weighted by Crippen LogP contribution is 2.31. The molecule has 0 fully saturated rings. The largest absolute Gasteiger partial charge is 0.436 e. The Labute approximate surface area is 193 Å². The Morgan fingerprint density at radius 2 is 1.76 bits per heavy atom. The van der Waals surface area contributed by atoms with Crippen LogP contribution in [0.25, 0.3) is 40.3 Å². The van der Waals surface area contributed by atoms with Crippen LogP contribution in [0.15, 0.2) is 83.8 Å². The van der Waals surface area contributed by atoms with Gasteiger partial charge in [0, 0.05) is 12.0 Å². The van der Waals surface area contributed by atoms with Crippen LogP contribution in [0.4, 0.5) is 0 Å².